The zero-order valence-corrected chi connectivity index (χ0v) is 11.9. The van der Waals surface area contributed by atoms with Crippen LogP contribution in [-0.2, 0) is 0 Å². The number of methoxy groups -OCH3 is 1. The summed E-state index contributed by atoms with van der Waals surface area (Å²) in [4.78, 5) is 0. The summed E-state index contributed by atoms with van der Waals surface area (Å²) in [5.74, 6) is 0.698. The number of nitrogens with one attached hydrogen (secondary N) is 1. The van der Waals surface area contributed by atoms with Crippen LogP contribution < -0.4 is 10.1 Å². The van der Waals surface area contributed by atoms with E-state index >= 15 is 0 Å². The zero-order valence-electron chi connectivity index (χ0n) is 11.9. The second kappa shape index (κ2) is 8.12. The minimum atomic E-state index is -0.255. The average molecular weight is 269 g/mol. The van der Waals surface area contributed by atoms with Gasteiger partial charge in [-0.1, -0.05) is 19.4 Å². The Kier molecular flexibility index (Phi) is 6.81. The molecular formula is C15H24FNO2. The molecule has 0 aliphatic heterocycles. The van der Waals surface area contributed by atoms with Gasteiger partial charge in [0.2, 0.25) is 0 Å². The highest BCUT2D eigenvalue weighted by atomic mass is 19.1. The predicted octanol–water partition coefficient (Wildman–Crippen LogP) is 2.89. The van der Waals surface area contributed by atoms with Crippen LogP contribution in [0.3, 0.4) is 0 Å². The molecule has 0 amide bonds. The molecule has 0 fully saturated rings. The summed E-state index contributed by atoms with van der Waals surface area (Å²) in [6.45, 7) is 5.02. The second-order valence-corrected chi connectivity index (χ2v) is 4.80. The van der Waals surface area contributed by atoms with Crippen LogP contribution in [0.2, 0.25) is 0 Å². The number of hydrogen-bond donors (Lipinski definition) is 2. The molecule has 0 aliphatic carbocycles. The van der Waals surface area contributed by atoms with E-state index in [1.54, 1.807) is 12.1 Å². The van der Waals surface area contributed by atoms with Gasteiger partial charge in [0.05, 0.1) is 7.11 Å². The van der Waals surface area contributed by atoms with Crippen LogP contribution in [0.5, 0.6) is 5.75 Å². The van der Waals surface area contributed by atoms with Gasteiger partial charge in [0, 0.05) is 24.3 Å². The number of ether oxygens (including phenoxy) is 1. The molecule has 0 saturated carbocycles. The van der Waals surface area contributed by atoms with E-state index in [0.717, 1.165) is 19.4 Å². The Hall–Kier alpha value is -1.13. The zero-order chi connectivity index (χ0) is 14.3. The van der Waals surface area contributed by atoms with Gasteiger partial charge in [0.1, 0.15) is 11.6 Å². The lowest BCUT2D eigenvalue weighted by molar-refractivity contribution is 0.249. The molecule has 2 unspecified atom stereocenters. The molecule has 2 N–H and O–H groups in total. The highest BCUT2D eigenvalue weighted by Crippen LogP contribution is 2.22. The van der Waals surface area contributed by atoms with Crippen molar-refractivity contribution in [3.63, 3.8) is 0 Å². The van der Waals surface area contributed by atoms with E-state index < -0.39 is 0 Å². The standard InChI is InChI=1S/C15H24FNO2/c1-4-12(7-8-18)10-17-11(2)14-6-5-13(19-3)9-15(14)16/h5-6,9,11-12,17-18H,4,7-8,10H2,1-3H3. The molecule has 4 heteroatoms. The predicted molar refractivity (Wildman–Crippen MR) is 74.9 cm³/mol. The van der Waals surface area contributed by atoms with Crippen molar-refractivity contribution in [2.24, 2.45) is 5.92 Å². The third-order valence-electron chi connectivity index (χ3n) is 3.50. The second-order valence-electron chi connectivity index (χ2n) is 4.80. The fourth-order valence-corrected chi connectivity index (χ4v) is 2.07. The van der Waals surface area contributed by atoms with Crippen LogP contribution >= 0.6 is 0 Å². The van der Waals surface area contributed by atoms with Crippen LogP contribution in [0.25, 0.3) is 0 Å². The van der Waals surface area contributed by atoms with Crippen LogP contribution in [0.1, 0.15) is 38.3 Å². The first kappa shape index (κ1) is 15.9. The monoisotopic (exact) mass is 269 g/mol. The largest absolute Gasteiger partial charge is 0.497 e. The molecule has 1 aromatic carbocycles. The summed E-state index contributed by atoms with van der Waals surface area (Å²) >= 11 is 0. The Morgan fingerprint density at radius 3 is 2.68 bits per heavy atom. The summed E-state index contributed by atoms with van der Waals surface area (Å²) in [6.07, 6.45) is 1.78. The lowest BCUT2D eigenvalue weighted by Crippen LogP contribution is -2.26. The van der Waals surface area contributed by atoms with Gasteiger partial charge in [-0.05, 0) is 31.9 Å². The van der Waals surface area contributed by atoms with E-state index in [4.69, 9.17) is 9.84 Å². The third-order valence-corrected chi connectivity index (χ3v) is 3.50. The van der Waals surface area contributed by atoms with Crippen molar-refractivity contribution < 1.29 is 14.2 Å². The average Bonchev–Trinajstić information content (AvgIpc) is 2.42. The fraction of sp³-hybridized carbons (Fsp3) is 0.600. The van der Waals surface area contributed by atoms with Gasteiger partial charge in [-0.3, -0.25) is 0 Å². The maximum atomic E-state index is 13.9. The molecule has 0 radical (unpaired) electrons. The Morgan fingerprint density at radius 1 is 1.42 bits per heavy atom. The van der Waals surface area contributed by atoms with E-state index in [-0.39, 0.29) is 18.5 Å². The summed E-state index contributed by atoms with van der Waals surface area (Å²) in [5, 5.41) is 12.3. The van der Waals surface area contributed by atoms with E-state index in [0.29, 0.717) is 17.2 Å². The summed E-state index contributed by atoms with van der Waals surface area (Å²) in [6, 6.07) is 4.86. The number of benzene rings is 1. The van der Waals surface area contributed by atoms with Crippen molar-refractivity contribution in [1.29, 1.82) is 0 Å². The van der Waals surface area contributed by atoms with Gasteiger partial charge in [-0.15, -0.1) is 0 Å². The minimum Gasteiger partial charge on any atom is -0.497 e. The lowest BCUT2D eigenvalue weighted by Gasteiger charge is -2.20. The summed E-state index contributed by atoms with van der Waals surface area (Å²) in [7, 11) is 1.52. The number of halogens is 1. The molecule has 1 aromatic rings. The van der Waals surface area contributed by atoms with Crippen LogP contribution in [-0.4, -0.2) is 25.4 Å². The Morgan fingerprint density at radius 2 is 2.16 bits per heavy atom. The molecule has 0 aromatic heterocycles. The van der Waals surface area contributed by atoms with E-state index in [1.807, 2.05) is 6.92 Å². The van der Waals surface area contributed by atoms with Crippen molar-refractivity contribution in [1.82, 2.24) is 5.32 Å². The Balaban J connectivity index is 2.60. The molecule has 108 valence electrons. The maximum absolute atomic E-state index is 13.9. The quantitative estimate of drug-likeness (QED) is 0.762. The van der Waals surface area contributed by atoms with Gasteiger partial charge in [0.25, 0.3) is 0 Å². The molecule has 0 bridgehead atoms. The summed E-state index contributed by atoms with van der Waals surface area (Å²) < 4.78 is 18.9. The van der Waals surface area contributed by atoms with Crippen molar-refractivity contribution >= 4 is 0 Å². The molecule has 0 spiro atoms. The van der Waals surface area contributed by atoms with E-state index in [1.165, 1.54) is 13.2 Å². The van der Waals surface area contributed by atoms with Crippen molar-refractivity contribution in [2.75, 3.05) is 20.3 Å². The SMILES string of the molecule is CCC(CCO)CNC(C)c1ccc(OC)cc1F. The van der Waals surface area contributed by atoms with Crippen LogP contribution in [0.15, 0.2) is 18.2 Å². The van der Waals surface area contributed by atoms with Gasteiger partial charge < -0.3 is 15.2 Å². The Bertz CT molecular complexity index is 384. The third kappa shape index (κ3) is 4.80. The van der Waals surface area contributed by atoms with Crippen LogP contribution in [0.4, 0.5) is 4.39 Å². The first-order chi connectivity index (χ1) is 9.12. The number of hydrogen-bond acceptors (Lipinski definition) is 3. The van der Waals surface area contributed by atoms with Gasteiger partial charge in [0.15, 0.2) is 0 Å². The lowest BCUT2D eigenvalue weighted by atomic mass is 10.0. The van der Waals surface area contributed by atoms with Crippen molar-refractivity contribution in [2.45, 2.75) is 32.7 Å². The molecular weight excluding hydrogens is 245 g/mol. The van der Waals surface area contributed by atoms with E-state index in [9.17, 15) is 4.39 Å². The van der Waals surface area contributed by atoms with Gasteiger partial charge >= 0.3 is 0 Å². The maximum Gasteiger partial charge on any atom is 0.131 e. The molecule has 0 heterocycles. The van der Waals surface area contributed by atoms with E-state index in [2.05, 4.69) is 12.2 Å². The number of aliphatic hydroxyl groups excluding tert-OH is 1. The molecule has 3 nitrogen and oxygen atoms in total. The molecule has 0 aliphatic rings. The highest BCUT2D eigenvalue weighted by molar-refractivity contribution is 5.30. The molecule has 2 atom stereocenters. The first-order valence-electron chi connectivity index (χ1n) is 6.80. The number of aliphatic hydroxyl groups is 1. The fourth-order valence-electron chi connectivity index (χ4n) is 2.07. The summed E-state index contributed by atoms with van der Waals surface area (Å²) in [5.41, 5.74) is 0.639. The van der Waals surface area contributed by atoms with Crippen LogP contribution in [0, 0.1) is 11.7 Å². The highest BCUT2D eigenvalue weighted by Gasteiger charge is 2.13. The normalized spacial score (nSPS) is 14.2. The molecule has 0 saturated heterocycles. The minimum absolute atomic E-state index is 0.0568. The van der Waals surface area contributed by atoms with Crippen molar-refractivity contribution in [3.8, 4) is 5.75 Å². The smallest absolute Gasteiger partial charge is 0.131 e. The van der Waals surface area contributed by atoms with Crippen molar-refractivity contribution in [3.05, 3.63) is 29.6 Å². The number of rotatable bonds is 8. The van der Waals surface area contributed by atoms with Gasteiger partial charge in [-0.2, -0.15) is 0 Å². The first-order valence-corrected chi connectivity index (χ1v) is 6.80. The van der Waals surface area contributed by atoms with Gasteiger partial charge in [-0.25, -0.2) is 4.39 Å². The Labute approximate surface area is 114 Å². The molecule has 1 rings (SSSR count). The topological polar surface area (TPSA) is 41.5 Å². The molecule has 19 heavy (non-hydrogen) atoms.